The lowest BCUT2D eigenvalue weighted by molar-refractivity contribution is 0.101. The van der Waals surface area contributed by atoms with Gasteiger partial charge in [-0.1, -0.05) is 31.2 Å². The molecule has 7 heteroatoms. The van der Waals surface area contributed by atoms with Crippen LogP contribution in [0.25, 0.3) is 16.8 Å². The molecule has 0 fully saturated rings. The van der Waals surface area contributed by atoms with Crippen molar-refractivity contribution in [2.24, 2.45) is 0 Å². The van der Waals surface area contributed by atoms with Crippen LogP contribution in [0.15, 0.2) is 48.0 Å². The first-order valence-electron chi connectivity index (χ1n) is 9.45. The van der Waals surface area contributed by atoms with E-state index in [-0.39, 0.29) is 12.6 Å². The first-order chi connectivity index (χ1) is 14.6. The van der Waals surface area contributed by atoms with Crippen molar-refractivity contribution in [2.45, 2.75) is 20.3 Å². The van der Waals surface area contributed by atoms with Crippen molar-refractivity contribution in [3.8, 4) is 28.8 Å². The Kier molecular flexibility index (Phi) is 5.50. The average molecular weight is 417 g/mol. The second-order valence-corrected chi connectivity index (χ2v) is 7.57. The van der Waals surface area contributed by atoms with Gasteiger partial charge in [0.15, 0.2) is 17.3 Å². The van der Waals surface area contributed by atoms with Gasteiger partial charge in [0.05, 0.1) is 11.4 Å². The molecule has 1 aliphatic heterocycles. The van der Waals surface area contributed by atoms with Crippen molar-refractivity contribution in [1.82, 2.24) is 4.98 Å². The number of carbonyl (C=O) groups excluding carboxylic acids is 1. The molecule has 6 nitrogen and oxygen atoms in total. The second-order valence-electron chi connectivity index (χ2n) is 6.71. The molecule has 0 amide bonds. The number of nitrogens with zero attached hydrogens (tertiary/aromatic N) is 2. The van der Waals surface area contributed by atoms with Crippen LogP contribution >= 0.6 is 11.3 Å². The van der Waals surface area contributed by atoms with Crippen LogP contribution in [-0.2, 0) is 6.42 Å². The maximum Gasteiger partial charge on any atom is 0.231 e. The highest BCUT2D eigenvalue weighted by atomic mass is 32.1. The van der Waals surface area contributed by atoms with Gasteiger partial charge in [0.1, 0.15) is 16.6 Å². The van der Waals surface area contributed by atoms with E-state index in [1.807, 2.05) is 17.5 Å². The molecule has 0 atom stereocenters. The lowest BCUT2D eigenvalue weighted by atomic mass is 10.1. The highest BCUT2D eigenvalue weighted by Crippen LogP contribution is 2.37. The Balaban J connectivity index is 1.60. The maximum atomic E-state index is 12.0. The van der Waals surface area contributed by atoms with E-state index in [9.17, 15) is 10.1 Å². The van der Waals surface area contributed by atoms with E-state index < -0.39 is 0 Å². The Morgan fingerprint density at radius 2 is 2.00 bits per heavy atom. The number of allylic oxidation sites excluding steroid dienone is 1. The molecule has 0 radical (unpaired) electrons. The van der Waals surface area contributed by atoms with Crippen molar-refractivity contribution in [3.05, 3.63) is 64.1 Å². The molecule has 0 unspecified atom stereocenters. The van der Waals surface area contributed by atoms with Crippen LogP contribution in [-0.4, -0.2) is 17.6 Å². The van der Waals surface area contributed by atoms with Crippen LogP contribution in [0.4, 0.5) is 5.69 Å². The summed E-state index contributed by atoms with van der Waals surface area (Å²) in [4.78, 5) is 16.6. The molecule has 0 spiro atoms. The fourth-order valence-corrected chi connectivity index (χ4v) is 3.88. The van der Waals surface area contributed by atoms with Gasteiger partial charge in [0, 0.05) is 28.8 Å². The molecule has 2 heterocycles. The smallest absolute Gasteiger partial charge is 0.231 e. The Bertz CT molecular complexity index is 1170. The van der Waals surface area contributed by atoms with Crippen molar-refractivity contribution in [2.75, 3.05) is 12.1 Å². The standard InChI is InChI=1S/C23H19N3O3S/c1-3-15-4-6-16(7-5-15)20-12-30-23(26-20)17(10-24)11-25-19-9-22-21(28-13-29-22)8-18(19)14(2)27/h4-9,11-12,25H,3,13H2,1-2H3. The summed E-state index contributed by atoms with van der Waals surface area (Å²) in [5, 5.41) is 15.2. The highest BCUT2D eigenvalue weighted by molar-refractivity contribution is 7.11. The van der Waals surface area contributed by atoms with Gasteiger partial charge in [-0.3, -0.25) is 4.79 Å². The van der Waals surface area contributed by atoms with E-state index in [0.29, 0.717) is 33.3 Å². The largest absolute Gasteiger partial charge is 0.454 e. The van der Waals surface area contributed by atoms with Gasteiger partial charge >= 0.3 is 0 Å². The minimum Gasteiger partial charge on any atom is -0.454 e. The van der Waals surface area contributed by atoms with E-state index >= 15 is 0 Å². The fraction of sp³-hybridized carbons (Fsp3) is 0.174. The van der Waals surface area contributed by atoms with Crippen LogP contribution < -0.4 is 14.8 Å². The summed E-state index contributed by atoms with van der Waals surface area (Å²) >= 11 is 1.40. The number of fused-ring (bicyclic) bond motifs is 1. The molecule has 0 saturated heterocycles. The van der Waals surface area contributed by atoms with Gasteiger partial charge in [0.25, 0.3) is 0 Å². The number of hydrogen-bond donors (Lipinski definition) is 1. The summed E-state index contributed by atoms with van der Waals surface area (Å²) in [5.41, 5.74) is 4.49. The zero-order chi connectivity index (χ0) is 21.1. The topological polar surface area (TPSA) is 84.2 Å². The Hall–Kier alpha value is -3.63. The molecule has 1 N–H and O–H groups in total. The minimum atomic E-state index is -0.116. The minimum absolute atomic E-state index is 0.116. The lowest BCUT2D eigenvalue weighted by Crippen LogP contribution is -2.00. The monoisotopic (exact) mass is 417 g/mol. The number of anilines is 1. The number of Topliss-reactive ketones (excluding diaryl/α,β-unsaturated/α-hetero) is 1. The number of ketones is 1. The molecule has 4 rings (SSSR count). The number of hydrogen-bond acceptors (Lipinski definition) is 7. The maximum absolute atomic E-state index is 12.0. The summed E-state index contributed by atoms with van der Waals surface area (Å²) in [5.74, 6) is 0.977. The predicted octanol–water partition coefficient (Wildman–Crippen LogP) is 5.28. The molecule has 3 aromatic rings. The Morgan fingerprint density at radius 1 is 1.27 bits per heavy atom. The van der Waals surface area contributed by atoms with Crippen LogP contribution in [0.3, 0.4) is 0 Å². The van der Waals surface area contributed by atoms with Crippen molar-refractivity contribution in [1.29, 1.82) is 5.26 Å². The van der Waals surface area contributed by atoms with E-state index in [2.05, 4.69) is 35.4 Å². The third-order valence-corrected chi connectivity index (χ3v) is 5.65. The van der Waals surface area contributed by atoms with Crippen LogP contribution in [0.2, 0.25) is 0 Å². The summed E-state index contributed by atoms with van der Waals surface area (Å²) in [6.45, 7) is 3.72. The van der Waals surface area contributed by atoms with Gasteiger partial charge in [-0.2, -0.15) is 5.26 Å². The predicted molar refractivity (Wildman–Crippen MR) is 117 cm³/mol. The van der Waals surface area contributed by atoms with Crippen LogP contribution in [0, 0.1) is 11.3 Å². The van der Waals surface area contributed by atoms with Crippen molar-refractivity contribution in [3.63, 3.8) is 0 Å². The number of aromatic nitrogens is 1. The average Bonchev–Trinajstić information content (AvgIpc) is 3.43. The van der Waals surface area contributed by atoms with Gasteiger partial charge in [-0.05, 0) is 25.0 Å². The molecular weight excluding hydrogens is 398 g/mol. The third-order valence-electron chi connectivity index (χ3n) is 4.78. The van der Waals surface area contributed by atoms with Gasteiger partial charge in [-0.25, -0.2) is 4.98 Å². The van der Waals surface area contributed by atoms with Gasteiger partial charge in [0.2, 0.25) is 6.79 Å². The molecule has 150 valence electrons. The summed E-state index contributed by atoms with van der Waals surface area (Å²) < 4.78 is 10.7. The number of carbonyl (C=O) groups is 1. The lowest BCUT2D eigenvalue weighted by Gasteiger charge is -2.08. The number of thiazole rings is 1. The van der Waals surface area contributed by atoms with Gasteiger partial charge < -0.3 is 14.8 Å². The Morgan fingerprint density at radius 3 is 2.67 bits per heavy atom. The number of ether oxygens (including phenoxy) is 2. The number of rotatable bonds is 6. The van der Waals surface area contributed by atoms with Crippen molar-refractivity contribution >= 4 is 28.4 Å². The highest BCUT2D eigenvalue weighted by Gasteiger charge is 2.19. The van der Waals surface area contributed by atoms with E-state index in [4.69, 9.17) is 9.47 Å². The summed E-state index contributed by atoms with van der Waals surface area (Å²) in [6.07, 6.45) is 2.55. The summed E-state index contributed by atoms with van der Waals surface area (Å²) in [7, 11) is 0. The fourth-order valence-electron chi connectivity index (χ4n) is 3.09. The third kappa shape index (κ3) is 3.91. The number of nitriles is 1. The molecular formula is C23H19N3O3S. The van der Waals surface area contributed by atoms with Crippen molar-refractivity contribution < 1.29 is 14.3 Å². The molecule has 0 saturated carbocycles. The summed E-state index contributed by atoms with van der Waals surface area (Å²) in [6, 6.07) is 13.8. The SMILES string of the molecule is CCc1ccc(-c2csc(C(C#N)=CNc3cc4c(cc3C(C)=O)OCO4)n2)cc1. The van der Waals surface area contributed by atoms with E-state index in [1.165, 1.54) is 23.8 Å². The number of benzene rings is 2. The van der Waals surface area contributed by atoms with Crippen LogP contribution in [0.1, 0.15) is 34.8 Å². The Labute approximate surface area is 178 Å². The molecule has 0 bridgehead atoms. The van der Waals surface area contributed by atoms with E-state index in [1.54, 1.807) is 18.3 Å². The quantitative estimate of drug-likeness (QED) is 0.434. The number of nitrogens with one attached hydrogen (secondary N) is 1. The first kappa shape index (κ1) is 19.7. The van der Waals surface area contributed by atoms with Gasteiger partial charge in [-0.15, -0.1) is 11.3 Å². The molecule has 1 aliphatic rings. The normalized spacial score (nSPS) is 12.5. The molecule has 1 aromatic heterocycles. The van der Waals surface area contributed by atoms with Crippen LogP contribution in [0.5, 0.6) is 11.5 Å². The molecule has 0 aliphatic carbocycles. The second kappa shape index (κ2) is 8.39. The zero-order valence-corrected chi connectivity index (χ0v) is 17.4. The molecule has 30 heavy (non-hydrogen) atoms. The number of aryl methyl sites for hydroxylation is 1. The van der Waals surface area contributed by atoms with E-state index in [0.717, 1.165) is 17.7 Å². The molecule has 2 aromatic carbocycles. The zero-order valence-electron chi connectivity index (χ0n) is 16.6. The first-order valence-corrected chi connectivity index (χ1v) is 10.3.